The highest BCUT2D eigenvalue weighted by Gasteiger charge is 2.43. The zero-order chi connectivity index (χ0) is 15.3. The third-order valence-corrected chi connectivity index (χ3v) is 3.48. The van der Waals surface area contributed by atoms with Gasteiger partial charge in [0.15, 0.2) is 5.54 Å². The van der Waals surface area contributed by atoms with Crippen LogP contribution in [0.25, 0.3) is 0 Å². The monoisotopic (exact) mass is 293 g/mol. The molecule has 1 unspecified atom stereocenters. The third kappa shape index (κ3) is 3.61. The number of esters is 1. The number of benzene rings is 1. The van der Waals surface area contributed by atoms with E-state index >= 15 is 0 Å². The van der Waals surface area contributed by atoms with Crippen LogP contribution in [-0.4, -0.2) is 45.0 Å². The number of methoxy groups -OCH3 is 1. The lowest BCUT2D eigenvalue weighted by Gasteiger charge is -2.37. The van der Waals surface area contributed by atoms with Crippen molar-refractivity contribution in [3.63, 3.8) is 0 Å². The Morgan fingerprint density at radius 1 is 1.38 bits per heavy atom. The zero-order valence-corrected chi connectivity index (χ0v) is 12.8. The molecule has 0 aliphatic carbocycles. The summed E-state index contributed by atoms with van der Waals surface area (Å²) < 4.78 is 16.0. The van der Waals surface area contributed by atoms with E-state index in [0.717, 1.165) is 5.56 Å². The number of carbonyl (C=O) groups excluding carboxylic acids is 1. The second-order valence-corrected chi connectivity index (χ2v) is 5.53. The highest BCUT2D eigenvalue weighted by molar-refractivity contribution is 5.83. The van der Waals surface area contributed by atoms with Gasteiger partial charge in [0.25, 0.3) is 0 Å². The highest BCUT2D eigenvalue weighted by atomic mass is 16.6. The van der Waals surface area contributed by atoms with Crippen LogP contribution >= 0.6 is 0 Å². The Kier molecular flexibility index (Phi) is 5.33. The third-order valence-electron chi connectivity index (χ3n) is 3.48. The van der Waals surface area contributed by atoms with Gasteiger partial charge in [-0.05, 0) is 19.4 Å². The minimum absolute atomic E-state index is 0.0479. The predicted molar refractivity (Wildman–Crippen MR) is 79.0 cm³/mol. The molecule has 0 aromatic heterocycles. The van der Waals surface area contributed by atoms with Crippen LogP contribution in [0.1, 0.15) is 19.4 Å². The zero-order valence-electron chi connectivity index (χ0n) is 12.8. The highest BCUT2D eigenvalue weighted by Crippen LogP contribution is 2.26. The van der Waals surface area contributed by atoms with Crippen molar-refractivity contribution < 1.29 is 19.0 Å². The van der Waals surface area contributed by atoms with Crippen LogP contribution in [0.5, 0.6) is 0 Å². The lowest BCUT2D eigenvalue weighted by Crippen LogP contribution is -2.57. The van der Waals surface area contributed by atoms with Crippen LogP contribution in [0.2, 0.25) is 0 Å². The van der Waals surface area contributed by atoms with Crippen molar-refractivity contribution in [1.29, 1.82) is 0 Å². The summed E-state index contributed by atoms with van der Waals surface area (Å²) in [5, 5.41) is 3.32. The van der Waals surface area contributed by atoms with Crippen LogP contribution in [-0.2, 0) is 24.5 Å². The molecule has 0 radical (unpaired) electrons. The molecule has 21 heavy (non-hydrogen) atoms. The molecule has 5 nitrogen and oxygen atoms in total. The van der Waals surface area contributed by atoms with Crippen molar-refractivity contribution in [2.45, 2.75) is 31.5 Å². The first kappa shape index (κ1) is 15.9. The summed E-state index contributed by atoms with van der Waals surface area (Å²) in [6.07, 6.45) is 0.0479. The van der Waals surface area contributed by atoms with Gasteiger partial charge >= 0.3 is 5.97 Å². The molecule has 0 saturated carbocycles. The second-order valence-electron chi connectivity index (χ2n) is 5.53. The van der Waals surface area contributed by atoms with Gasteiger partial charge in [-0.3, -0.25) is 5.32 Å². The van der Waals surface area contributed by atoms with Gasteiger partial charge in [0.2, 0.25) is 0 Å². The average Bonchev–Trinajstić information content (AvgIpc) is 2.44. The SMILES string of the molecule is COC(=O)C(COC1COC1)(NC(C)C)c1ccccc1. The fourth-order valence-corrected chi connectivity index (χ4v) is 2.39. The van der Waals surface area contributed by atoms with Crippen molar-refractivity contribution in [3.05, 3.63) is 35.9 Å². The fourth-order valence-electron chi connectivity index (χ4n) is 2.39. The maximum absolute atomic E-state index is 12.5. The van der Waals surface area contributed by atoms with E-state index in [-0.39, 0.29) is 24.7 Å². The first-order chi connectivity index (χ1) is 10.1. The lowest BCUT2D eigenvalue weighted by molar-refractivity contribution is -0.166. The summed E-state index contributed by atoms with van der Waals surface area (Å²) in [5.74, 6) is -0.345. The molecule has 0 amide bonds. The van der Waals surface area contributed by atoms with Gasteiger partial charge < -0.3 is 14.2 Å². The Hall–Kier alpha value is -1.43. The van der Waals surface area contributed by atoms with Crippen LogP contribution in [0.4, 0.5) is 0 Å². The van der Waals surface area contributed by atoms with Gasteiger partial charge in [-0.2, -0.15) is 0 Å². The quantitative estimate of drug-likeness (QED) is 0.772. The summed E-state index contributed by atoms with van der Waals surface area (Å²) in [5.41, 5.74) is -0.162. The van der Waals surface area contributed by atoms with Gasteiger partial charge in [-0.15, -0.1) is 0 Å². The van der Waals surface area contributed by atoms with Crippen LogP contribution in [0.15, 0.2) is 30.3 Å². The largest absolute Gasteiger partial charge is 0.467 e. The number of nitrogens with one attached hydrogen (secondary N) is 1. The maximum Gasteiger partial charge on any atom is 0.333 e. The average molecular weight is 293 g/mol. The minimum Gasteiger partial charge on any atom is -0.467 e. The summed E-state index contributed by atoms with van der Waals surface area (Å²) in [4.78, 5) is 12.5. The minimum atomic E-state index is -1.00. The molecule has 1 aliphatic rings. The van der Waals surface area contributed by atoms with E-state index in [1.807, 2.05) is 44.2 Å². The standard InChI is InChI=1S/C16H23NO4/c1-12(2)17-16(15(18)19-3,11-21-14-9-20-10-14)13-7-5-4-6-8-13/h4-8,12,14,17H,9-11H2,1-3H3. The topological polar surface area (TPSA) is 56.8 Å². The van der Waals surface area contributed by atoms with Crippen LogP contribution in [0.3, 0.4) is 0 Å². The van der Waals surface area contributed by atoms with Gasteiger partial charge in [0, 0.05) is 6.04 Å². The van der Waals surface area contributed by atoms with E-state index < -0.39 is 5.54 Å². The van der Waals surface area contributed by atoms with Crippen molar-refractivity contribution in [1.82, 2.24) is 5.32 Å². The molecule has 1 atom stereocenters. The van der Waals surface area contributed by atoms with E-state index in [0.29, 0.717) is 13.2 Å². The van der Waals surface area contributed by atoms with E-state index in [1.165, 1.54) is 7.11 Å². The van der Waals surface area contributed by atoms with Gasteiger partial charge in [0.1, 0.15) is 6.10 Å². The molecular formula is C16H23NO4. The second kappa shape index (κ2) is 7.02. The van der Waals surface area contributed by atoms with E-state index in [9.17, 15) is 4.79 Å². The molecule has 1 heterocycles. The first-order valence-corrected chi connectivity index (χ1v) is 7.19. The molecule has 1 N–H and O–H groups in total. The molecule has 116 valence electrons. The predicted octanol–water partition coefficient (Wildman–Crippen LogP) is 1.47. The molecule has 1 saturated heterocycles. The number of hydrogen-bond donors (Lipinski definition) is 1. The Bertz CT molecular complexity index is 459. The number of rotatable bonds is 7. The van der Waals surface area contributed by atoms with Gasteiger partial charge in [0.05, 0.1) is 26.9 Å². The fraction of sp³-hybridized carbons (Fsp3) is 0.562. The maximum atomic E-state index is 12.5. The number of carbonyl (C=O) groups is 1. The number of ether oxygens (including phenoxy) is 3. The Labute approximate surface area is 125 Å². The van der Waals surface area contributed by atoms with Crippen molar-refractivity contribution >= 4 is 5.97 Å². The summed E-state index contributed by atoms with van der Waals surface area (Å²) in [6, 6.07) is 9.65. The molecular weight excluding hydrogens is 270 g/mol. The molecule has 2 rings (SSSR count). The Morgan fingerprint density at radius 3 is 2.52 bits per heavy atom. The van der Waals surface area contributed by atoms with Gasteiger partial charge in [-0.25, -0.2) is 4.79 Å². The van der Waals surface area contributed by atoms with Crippen molar-refractivity contribution in [2.75, 3.05) is 26.9 Å². The molecule has 1 aromatic carbocycles. The molecule has 0 bridgehead atoms. The Morgan fingerprint density at radius 2 is 2.05 bits per heavy atom. The molecule has 5 heteroatoms. The molecule has 1 aromatic rings. The summed E-state index contributed by atoms with van der Waals surface area (Å²) in [7, 11) is 1.40. The number of hydrogen-bond acceptors (Lipinski definition) is 5. The van der Waals surface area contributed by atoms with E-state index in [4.69, 9.17) is 14.2 Å². The van der Waals surface area contributed by atoms with E-state index in [1.54, 1.807) is 0 Å². The normalized spacial score (nSPS) is 18.1. The molecule has 1 aliphatic heterocycles. The summed E-state index contributed by atoms with van der Waals surface area (Å²) >= 11 is 0. The summed E-state index contributed by atoms with van der Waals surface area (Å²) in [6.45, 7) is 5.36. The smallest absolute Gasteiger partial charge is 0.333 e. The van der Waals surface area contributed by atoms with Gasteiger partial charge in [-0.1, -0.05) is 30.3 Å². The van der Waals surface area contributed by atoms with Crippen molar-refractivity contribution in [3.8, 4) is 0 Å². The van der Waals surface area contributed by atoms with Crippen LogP contribution < -0.4 is 5.32 Å². The lowest BCUT2D eigenvalue weighted by atomic mass is 9.89. The van der Waals surface area contributed by atoms with Crippen molar-refractivity contribution in [2.24, 2.45) is 0 Å². The van der Waals surface area contributed by atoms with E-state index in [2.05, 4.69) is 5.32 Å². The Balaban J connectivity index is 2.29. The van der Waals surface area contributed by atoms with Crippen LogP contribution in [0, 0.1) is 0 Å². The molecule has 0 spiro atoms. The first-order valence-electron chi connectivity index (χ1n) is 7.19. The molecule has 1 fully saturated rings.